The van der Waals surface area contributed by atoms with Crippen molar-refractivity contribution in [1.29, 1.82) is 0 Å². The highest BCUT2D eigenvalue weighted by Gasteiger charge is 2.06. The van der Waals surface area contributed by atoms with Gasteiger partial charge in [-0.3, -0.25) is 4.79 Å². The van der Waals surface area contributed by atoms with Gasteiger partial charge in [0.2, 0.25) is 5.91 Å². The largest absolute Gasteiger partial charge is 0.338 e. The summed E-state index contributed by atoms with van der Waals surface area (Å²) in [6, 6.07) is 18.2. The summed E-state index contributed by atoms with van der Waals surface area (Å²) in [4.78, 5) is 15.2. The van der Waals surface area contributed by atoms with Crippen molar-refractivity contribution in [3.05, 3.63) is 84.2 Å². The summed E-state index contributed by atoms with van der Waals surface area (Å²) in [5.74, 6) is -0.0357. The Bertz CT molecular complexity index is 885. The van der Waals surface area contributed by atoms with Gasteiger partial charge in [0.15, 0.2) is 0 Å². The lowest BCUT2D eigenvalue weighted by molar-refractivity contribution is -0.125. The SMILES string of the molecule is CSc1ccc(CN(C)C(=O)/C=C/c2cnn(-c3ccccc3)c2)cc1. The van der Waals surface area contributed by atoms with Gasteiger partial charge in [-0.2, -0.15) is 5.10 Å². The Hall–Kier alpha value is -2.79. The summed E-state index contributed by atoms with van der Waals surface area (Å²) in [6.45, 7) is 0.584. The Balaban J connectivity index is 1.60. The number of aromatic nitrogens is 2. The van der Waals surface area contributed by atoms with Crippen molar-refractivity contribution in [1.82, 2.24) is 14.7 Å². The minimum atomic E-state index is -0.0357. The molecule has 26 heavy (non-hydrogen) atoms. The van der Waals surface area contributed by atoms with E-state index in [1.807, 2.05) is 43.6 Å². The highest BCUT2D eigenvalue weighted by atomic mass is 32.2. The average molecular weight is 363 g/mol. The first-order chi connectivity index (χ1) is 12.7. The maximum Gasteiger partial charge on any atom is 0.246 e. The standard InChI is InChI=1S/C21H21N3OS/c1-23(15-17-8-11-20(26-2)12-9-17)21(25)13-10-18-14-22-24(16-18)19-6-4-3-5-7-19/h3-14,16H,15H2,1-2H3/b13-10+. The fourth-order valence-corrected chi connectivity index (χ4v) is 2.93. The molecule has 0 unspecified atom stereocenters. The van der Waals surface area contributed by atoms with Crippen molar-refractivity contribution in [2.75, 3.05) is 13.3 Å². The second-order valence-electron chi connectivity index (χ2n) is 5.93. The van der Waals surface area contributed by atoms with E-state index in [1.54, 1.807) is 39.7 Å². The normalized spacial score (nSPS) is 11.0. The van der Waals surface area contributed by atoms with Crippen LogP contribution in [0.2, 0.25) is 0 Å². The Labute approximate surface area is 158 Å². The molecule has 0 bridgehead atoms. The molecular weight excluding hydrogens is 342 g/mol. The van der Waals surface area contributed by atoms with Gasteiger partial charge in [-0.05, 0) is 42.2 Å². The molecule has 0 aliphatic carbocycles. The quantitative estimate of drug-likeness (QED) is 0.485. The van der Waals surface area contributed by atoms with E-state index < -0.39 is 0 Å². The molecule has 0 aliphatic heterocycles. The molecule has 0 radical (unpaired) electrons. The molecule has 1 amide bonds. The van der Waals surface area contributed by atoms with E-state index in [1.165, 1.54) is 4.90 Å². The maximum atomic E-state index is 12.3. The lowest BCUT2D eigenvalue weighted by atomic mass is 10.2. The van der Waals surface area contributed by atoms with Crippen LogP contribution in [0, 0.1) is 0 Å². The zero-order valence-electron chi connectivity index (χ0n) is 14.9. The van der Waals surface area contributed by atoms with Crippen LogP contribution in [0.5, 0.6) is 0 Å². The van der Waals surface area contributed by atoms with Gasteiger partial charge < -0.3 is 4.90 Å². The summed E-state index contributed by atoms with van der Waals surface area (Å²) >= 11 is 1.71. The highest BCUT2D eigenvalue weighted by Crippen LogP contribution is 2.16. The molecule has 2 aromatic carbocycles. The van der Waals surface area contributed by atoms with Crippen molar-refractivity contribution < 1.29 is 4.79 Å². The molecule has 132 valence electrons. The molecule has 0 atom stereocenters. The van der Waals surface area contributed by atoms with Crippen molar-refractivity contribution in [3.63, 3.8) is 0 Å². The minimum Gasteiger partial charge on any atom is -0.338 e. The first-order valence-electron chi connectivity index (χ1n) is 8.32. The summed E-state index contributed by atoms with van der Waals surface area (Å²) in [6.07, 6.45) is 9.08. The number of thioether (sulfide) groups is 1. The van der Waals surface area contributed by atoms with Gasteiger partial charge in [0, 0.05) is 36.3 Å². The van der Waals surface area contributed by atoms with Gasteiger partial charge in [-0.25, -0.2) is 4.68 Å². The lowest BCUT2D eigenvalue weighted by Crippen LogP contribution is -2.24. The number of amides is 1. The minimum absolute atomic E-state index is 0.0357. The molecule has 0 aliphatic rings. The van der Waals surface area contributed by atoms with Crippen LogP contribution in [0.1, 0.15) is 11.1 Å². The molecule has 5 heteroatoms. The third kappa shape index (κ3) is 4.64. The molecule has 0 saturated carbocycles. The molecule has 0 fully saturated rings. The first kappa shape index (κ1) is 18.0. The van der Waals surface area contributed by atoms with E-state index in [0.29, 0.717) is 6.54 Å². The fourth-order valence-electron chi connectivity index (χ4n) is 2.52. The predicted molar refractivity (Wildman–Crippen MR) is 107 cm³/mol. The number of carbonyl (C=O) groups is 1. The van der Waals surface area contributed by atoms with Gasteiger partial charge in [-0.15, -0.1) is 11.8 Å². The number of likely N-dealkylation sites (N-methyl/N-ethyl adjacent to an activating group) is 1. The molecule has 3 aromatic rings. The van der Waals surface area contributed by atoms with Crippen LogP contribution < -0.4 is 0 Å². The van der Waals surface area contributed by atoms with Crippen LogP contribution in [-0.4, -0.2) is 33.9 Å². The van der Waals surface area contributed by atoms with E-state index in [9.17, 15) is 4.79 Å². The number of nitrogens with zero attached hydrogens (tertiary/aromatic N) is 3. The number of carbonyl (C=O) groups excluding carboxylic acids is 1. The molecule has 0 spiro atoms. The molecular formula is C21H21N3OS. The van der Waals surface area contributed by atoms with Crippen molar-refractivity contribution >= 4 is 23.7 Å². The molecule has 1 heterocycles. The average Bonchev–Trinajstić information content (AvgIpc) is 3.16. The van der Waals surface area contributed by atoms with E-state index in [2.05, 4.69) is 35.6 Å². The van der Waals surface area contributed by atoms with Crippen LogP contribution in [0.3, 0.4) is 0 Å². The maximum absolute atomic E-state index is 12.3. The number of hydrogen-bond acceptors (Lipinski definition) is 3. The van der Waals surface area contributed by atoms with Crippen LogP contribution in [0.25, 0.3) is 11.8 Å². The van der Waals surface area contributed by atoms with Gasteiger partial charge >= 0.3 is 0 Å². The van der Waals surface area contributed by atoms with E-state index in [-0.39, 0.29) is 5.91 Å². The topological polar surface area (TPSA) is 38.1 Å². The number of benzene rings is 2. The Morgan fingerprint density at radius 2 is 1.88 bits per heavy atom. The zero-order chi connectivity index (χ0) is 18.4. The second-order valence-corrected chi connectivity index (χ2v) is 6.81. The Morgan fingerprint density at radius 3 is 2.58 bits per heavy atom. The summed E-state index contributed by atoms with van der Waals surface area (Å²) < 4.78 is 1.79. The Kier molecular flexibility index (Phi) is 5.92. The smallest absolute Gasteiger partial charge is 0.246 e. The second kappa shape index (κ2) is 8.54. The van der Waals surface area contributed by atoms with Crippen molar-refractivity contribution in [2.24, 2.45) is 0 Å². The van der Waals surface area contributed by atoms with Crippen molar-refractivity contribution in [3.8, 4) is 5.69 Å². The molecule has 1 aromatic heterocycles. The summed E-state index contributed by atoms with van der Waals surface area (Å²) in [5.41, 5.74) is 2.99. The first-order valence-corrected chi connectivity index (χ1v) is 9.54. The van der Waals surface area contributed by atoms with Gasteiger partial charge in [-0.1, -0.05) is 30.3 Å². The number of rotatable bonds is 6. The molecule has 3 rings (SSSR count). The highest BCUT2D eigenvalue weighted by molar-refractivity contribution is 7.98. The van der Waals surface area contributed by atoms with Gasteiger partial charge in [0.05, 0.1) is 11.9 Å². The van der Waals surface area contributed by atoms with E-state index in [0.717, 1.165) is 16.8 Å². The summed E-state index contributed by atoms with van der Waals surface area (Å²) in [5, 5.41) is 4.33. The third-order valence-corrected chi connectivity index (χ3v) is 4.74. The van der Waals surface area contributed by atoms with Crippen LogP contribution in [0.15, 0.2) is 78.0 Å². The molecule has 0 N–H and O–H groups in total. The van der Waals surface area contributed by atoms with Gasteiger partial charge in [0.25, 0.3) is 0 Å². The monoisotopic (exact) mass is 363 g/mol. The van der Waals surface area contributed by atoms with Crippen LogP contribution in [-0.2, 0) is 11.3 Å². The van der Waals surface area contributed by atoms with Crippen LogP contribution >= 0.6 is 11.8 Å². The lowest BCUT2D eigenvalue weighted by Gasteiger charge is -2.15. The predicted octanol–water partition coefficient (Wildman–Crippen LogP) is 4.27. The summed E-state index contributed by atoms with van der Waals surface area (Å²) in [7, 11) is 1.81. The third-order valence-electron chi connectivity index (χ3n) is 4.00. The Morgan fingerprint density at radius 1 is 1.15 bits per heavy atom. The molecule has 4 nitrogen and oxygen atoms in total. The van der Waals surface area contributed by atoms with E-state index >= 15 is 0 Å². The number of hydrogen-bond donors (Lipinski definition) is 0. The number of para-hydroxylation sites is 1. The van der Waals surface area contributed by atoms with Crippen LogP contribution in [0.4, 0.5) is 0 Å². The zero-order valence-corrected chi connectivity index (χ0v) is 15.7. The van der Waals surface area contributed by atoms with Crippen molar-refractivity contribution in [2.45, 2.75) is 11.4 Å². The molecule has 0 saturated heterocycles. The van der Waals surface area contributed by atoms with E-state index in [4.69, 9.17) is 0 Å². The van der Waals surface area contributed by atoms with Gasteiger partial charge in [0.1, 0.15) is 0 Å². The fraction of sp³-hybridized carbons (Fsp3) is 0.143.